The lowest BCUT2D eigenvalue weighted by Crippen LogP contribution is -2.45. The van der Waals surface area contributed by atoms with E-state index >= 15 is 0 Å². The summed E-state index contributed by atoms with van der Waals surface area (Å²) in [4.78, 5) is 12.2. The Morgan fingerprint density at radius 1 is 0.543 bits per heavy atom. The van der Waals surface area contributed by atoms with Gasteiger partial charge in [-0.15, -0.1) is 0 Å². The predicted molar refractivity (Wildman–Crippen MR) is 202 cm³/mol. The van der Waals surface area contributed by atoms with E-state index in [2.05, 4.69) is 116 Å². The van der Waals surface area contributed by atoms with E-state index in [1.54, 1.807) is 6.08 Å². The number of allylic oxidation sites excluding steroid dienone is 17. The molecule has 0 rings (SSSR count). The molecule has 0 aliphatic rings. The first-order valence-corrected chi connectivity index (χ1v) is 18.1. The Balaban J connectivity index is 3.78. The van der Waals surface area contributed by atoms with Crippen LogP contribution in [0.5, 0.6) is 0 Å². The first kappa shape index (κ1) is 43.0. The normalized spacial score (nSPS) is 14.4. The molecule has 2 unspecified atom stereocenters. The number of aliphatic hydroxyl groups is 2. The Hall–Kier alpha value is -2.95. The molecule has 258 valence electrons. The van der Waals surface area contributed by atoms with E-state index < -0.39 is 12.1 Å². The topological polar surface area (TPSA) is 69.6 Å². The van der Waals surface area contributed by atoms with Crippen molar-refractivity contribution < 1.29 is 15.0 Å². The molecule has 4 heteroatoms. The summed E-state index contributed by atoms with van der Waals surface area (Å²) in [6.45, 7) is 4.09. The van der Waals surface area contributed by atoms with Gasteiger partial charge in [0, 0.05) is 6.42 Å². The average Bonchev–Trinajstić information content (AvgIpc) is 3.06. The maximum absolute atomic E-state index is 12.2. The van der Waals surface area contributed by atoms with Crippen molar-refractivity contribution in [2.24, 2.45) is 0 Å². The van der Waals surface area contributed by atoms with Gasteiger partial charge in [0.25, 0.3) is 0 Å². The number of amides is 1. The zero-order valence-electron chi connectivity index (χ0n) is 29.3. The average molecular weight is 634 g/mol. The van der Waals surface area contributed by atoms with Gasteiger partial charge in [0.1, 0.15) is 0 Å². The Labute approximate surface area is 283 Å². The van der Waals surface area contributed by atoms with E-state index in [-0.39, 0.29) is 12.5 Å². The summed E-state index contributed by atoms with van der Waals surface area (Å²) in [6.07, 6.45) is 56.1. The van der Waals surface area contributed by atoms with Gasteiger partial charge in [0.2, 0.25) is 5.91 Å². The molecule has 0 saturated heterocycles. The molecule has 0 fully saturated rings. The predicted octanol–water partition coefficient (Wildman–Crippen LogP) is 10.9. The highest BCUT2D eigenvalue weighted by Crippen LogP contribution is 2.07. The van der Waals surface area contributed by atoms with Crippen LogP contribution in [0.15, 0.2) is 109 Å². The lowest BCUT2D eigenvalue weighted by atomic mass is 10.1. The first-order chi connectivity index (χ1) is 22.7. The molecule has 1 amide bonds. The van der Waals surface area contributed by atoms with Crippen LogP contribution < -0.4 is 5.32 Å². The largest absolute Gasteiger partial charge is 0.394 e. The van der Waals surface area contributed by atoms with Crippen LogP contribution in [-0.2, 0) is 4.79 Å². The summed E-state index contributed by atoms with van der Waals surface area (Å²) in [5.41, 5.74) is 0. The zero-order chi connectivity index (χ0) is 33.6. The maximum Gasteiger partial charge on any atom is 0.220 e. The second-order valence-electron chi connectivity index (χ2n) is 11.6. The van der Waals surface area contributed by atoms with Gasteiger partial charge in [-0.1, -0.05) is 149 Å². The fourth-order valence-electron chi connectivity index (χ4n) is 4.48. The second kappa shape index (κ2) is 36.5. The van der Waals surface area contributed by atoms with Gasteiger partial charge >= 0.3 is 0 Å². The molecule has 0 radical (unpaired) electrons. The molecule has 0 aromatic heterocycles. The van der Waals surface area contributed by atoms with E-state index in [9.17, 15) is 15.0 Å². The van der Waals surface area contributed by atoms with Gasteiger partial charge < -0.3 is 15.5 Å². The van der Waals surface area contributed by atoms with Crippen LogP contribution >= 0.6 is 0 Å². The van der Waals surface area contributed by atoms with Crippen LogP contribution in [0.3, 0.4) is 0 Å². The molecular weight excluding hydrogens is 566 g/mol. The summed E-state index contributed by atoms with van der Waals surface area (Å²) in [5.74, 6) is -0.118. The van der Waals surface area contributed by atoms with Crippen molar-refractivity contribution in [3.8, 4) is 0 Å². The van der Waals surface area contributed by atoms with Crippen molar-refractivity contribution >= 4 is 5.91 Å². The second-order valence-corrected chi connectivity index (χ2v) is 11.6. The summed E-state index contributed by atoms with van der Waals surface area (Å²) >= 11 is 0. The van der Waals surface area contributed by atoms with Crippen LogP contribution in [0.1, 0.15) is 129 Å². The highest BCUT2D eigenvalue weighted by Gasteiger charge is 2.17. The molecule has 0 aromatic carbocycles. The fraction of sp³-hybridized carbons (Fsp3) is 0.548. The summed E-state index contributed by atoms with van der Waals surface area (Å²) < 4.78 is 0. The van der Waals surface area contributed by atoms with Crippen molar-refractivity contribution in [3.63, 3.8) is 0 Å². The van der Waals surface area contributed by atoms with Crippen molar-refractivity contribution in [2.45, 2.75) is 142 Å². The number of hydrogen-bond acceptors (Lipinski definition) is 3. The number of carbonyl (C=O) groups is 1. The number of carbonyl (C=O) groups excluding carboxylic acids is 1. The number of nitrogens with one attached hydrogen (secondary N) is 1. The molecule has 0 spiro atoms. The van der Waals surface area contributed by atoms with E-state index in [0.29, 0.717) is 6.42 Å². The third-order valence-corrected chi connectivity index (χ3v) is 7.26. The Bertz CT molecular complexity index is 948. The number of rotatable bonds is 30. The van der Waals surface area contributed by atoms with Gasteiger partial charge in [0.05, 0.1) is 18.8 Å². The van der Waals surface area contributed by atoms with Crippen LogP contribution in [-0.4, -0.2) is 34.9 Å². The molecule has 0 bridgehead atoms. The highest BCUT2D eigenvalue weighted by molar-refractivity contribution is 5.76. The monoisotopic (exact) mass is 634 g/mol. The third-order valence-electron chi connectivity index (χ3n) is 7.26. The first-order valence-electron chi connectivity index (χ1n) is 18.1. The van der Waals surface area contributed by atoms with Crippen LogP contribution in [0.4, 0.5) is 0 Å². The SMILES string of the molecule is CC/C=C\C/C=C\C/C=C\C/C=C\C/C=C\C/C=C\C/C=C\C/C=C\CCCCC(=O)NC(CO)C(O)/C=C/CCCCCCC. The Morgan fingerprint density at radius 3 is 1.41 bits per heavy atom. The molecule has 4 nitrogen and oxygen atoms in total. The van der Waals surface area contributed by atoms with Gasteiger partial charge in [-0.05, 0) is 83.5 Å². The molecule has 2 atom stereocenters. The number of unbranched alkanes of at least 4 members (excludes halogenated alkanes) is 7. The molecule has 0 heterocycles. The molecular formula is C42H67NO3. The minimum absolute atomic E-state index is 0.118. The lowest BCUT2D eigenvalue weighted by Gasteiger charge is -2.19. The maximum atomic E-state index is 12.2. The Morgan fingerprint density at radius 2 is 0.957 bits per heavy atom. The van der Waals surface area contributed by atoms with Crippen molar-refractivity contribution in [3.05, 3.63) is 109 Å². The summed E-state index contributed by atoms with van der Waals surface area (Å²) in [7, 11) is 0. The Kier molecular flexibility index (Phi) is 34.2. The van der Waals surface area contributed by atoms with E-state index in [0.717, 1.165) is 83.5 Å². The molecule has 0 aromatic rings. The van der Waals surface area contributed by atoms with E-state index in [4.69, 9.17) is 0 Å². The summed E-state index contributed by atoms with van der Waals surface area (Å²) in [6, 6.07) is -0.650. The standard InChI is InChI=1S/C42H67NO3/c1-3-5-7-9-11-12-13-14-15-16-17-18-19-20-21-22-23-24-25-26-27-28-29-30-32-34-36-38-42(46)43-40(39-44)41(45)37-35-33-31-10-8-6-4-2/h5,7,11-12,14-15,17-18,20-21,23-24,26-27,29-30,35,37,40-41,44-45H,3-4,6,8-10,13,16,19,22,25,28,31-34,36,38-39H2,1-2H3,(H,43,46)/b7-5-,12-11-,15-14-,18-17-,21-20-,24-23-,27-26-,30-29-,37-35+. The van der Waals surface area contributed by atoms with Gasteiger partial charge in [-0.3, -0.25) is 4.79 Å². The van der Waals surface area contributed by atoms with Gasteiger partial charge in [-0.25, -0.2) is 0 Å². The minimum Gasteiger partial charge on any atom is -0.394 e. The van der Waals surface area contributed by atoms with Crippen LogP contribution in [0.25, 0.3) is 0 Å². The molecule has 3 N–H and O–H groups in total. The number of aliphatic hydroxyl groups excluding tert-OH is 2. The summed E-state index contributed by atoms with van der Waals surface area (Å²) in [5, 5.41) is 22.6. The minimum atomic E-state index is -0.861. The zero-order valence-corrected chi connectivity index (χ0v) is 29.3. The van der Waals surface area contributed by atoms with Crippen LogP contribution in [0.2, 0.25) is 0 Å². The quantitative estimate of drug-likeness (QED) is 0.0544. The van der Waals surface area contributed by atoms with E-state index in [1.807, 2.05) is 6.08 Å². The fourth-order valence-corrected chi connectivity index (χ4v) is 4.48. The molecule has 46 heavy (non-hydrogen) atoms. The molecule has 0 aliphatic heterocycles. The smallest absolute Gasteiger partial charge is 0.220 e. The van der Waals surface area contributed by atoms with Gasteiger partial charge in [0.15, 0.2) is 0 Å². The van der Waals surface area contributed by atoms with Gasteiger partial charge in [-0.2, -0.15) is 0 Å². The van der Waals surface area contributed by atoms with Crippen molar-refractivity contribution in [2.75, 3.05) is 6.61 Å². The lowest BCUT2D eigenvalue weighted by molar-refractivity contribution is -0.123. The highest BCUT2D eigenvalue weighted by atomic mass is 16.3. The van der Waals surface area contributed by atoms with Crippen molar-refractivity contribution in [1.82, 2.24) is 5.32 Å². The van der Waals surface area contributed by atoms with Crippen molar-refractivity contribution in [1.29, 1.82) is 0 Å². The third kappa shape index (κ3) is 32.4. The van der Waals surface area contributed by atoms with Crippen LogP contribution in [0, 0.1) is 0 Å². The number of hydrogen-bond donors (Lipinski definition) is 3. The van der Waals surface area contributed by atoms with E-state index in [1.165, 1.54) is 25.7 Å². The molecule has 0 saturated carbocycles. The molecule has 0 aliphatic carbocycles.